The van der Waals surface area contributed by atoms with E-state index in [1.54, 1.807) is 39.0 Å². The molecule has 0 aliphatic carbocycles. The topological polar surface area (TPSA) is 104 Å². The third-order valence-corrected chi connectivity index (χ3v) is 6.72. The summed E-state index contributed by atoms with van der Waals surface area (Å²) < 4.78 is 7.21. The van der Waals surface area contributed by atoms with Crippen molar-refractivity contribution in [2.75, 3.05) is 0 Å². The molecule has 0 amide bonds. The second kappa shape index (κ2) is 8.64. The number of rotatable bonds is 5. The molecule has 0 saturated heterocycles. The fourth-order valence-corrected chi connectivity index (χ4v) is 5.35. The minimum Gasteiger partial charge on any atom is -0.459 e. The minimum atomic E-state index is -0.676. The van der Waals surface area contributed by atoms with Crippen LogP contribution < -0.4 is 14.9 Å². The zero-order valence-electron chi connectivity index (χ0n) is 17.5. The van der Waals surface area contributed by atoms with Gasteiger partial charge < -0.3 is 4.74 Å². The maximum absolute atomic E-state index is 13.4. The largest absolute Gasteiger partial charge is 0.459 e. The predicted octanol–water partition coefficient (Wildman–Crippen LogP) is 3.16. The first-order valence-corrected chi connectivity index (χ1v) is 11.5. The molecule has 1 atom stereocenters. The molecule has 8 nitrogen and oxygen atoms in total. The molecule has 1 aliphatic rings. The van der Waals surface area contributed by atoms with Crippen molar-refractivity contribution in [3.63, 3.8) is 0 Å². The second-order valence-electron chi connectivity index (χ2n) is 7.37. The molecule has 0 bridgehead atoms. The van der Waals surface area contributed by atoms with Crippen molar-refractivity contribution in [3.8, 4) is 0 Å². The monoisotopic (exact) mass is 469 g/mol. The van der Waals surface area contributed by atoms with Crippen LogP contribution >= 0.6 is 22.7 Å². The number of hydrogen-bond acceptors (Lipinski definition) is 8. The molecule has 32 heavy (non-hydrogen) atoms. The minimum absolute atomic E-state index is 0.0921. The number of carbonyl (C=O) groups excluding carboxylic acids is 1. The van der Waals surface area contributed by atoms with Crippen molar-refractivity contribution in [2.24, 2.45) is 4.99 Å². The van der Waals surface area contributed by atoms with Crippen LogP contribution in [0.25, 0.3) is 6.08 Å². The summed E-state index contributed by atoms with van der Waals surface area (Å²) in [6.45, 7) is 5.24. The van der Waals surface area contributed by atoms with E-state index in [0.29, 0.717) is 26.2 Å². The maximum Gasteiger partial charge on any atom is 0.338 e. The Hall–Kier alpha value is -3.37. The van der Waals surface area contributed by atoms with Crippen LogP contribution in [0, 0.1) is 10.1 Å². The zero-order chi connectivity index (χ0) is 23.0. The number of para-hydroxylation sites is 1. The second-order valence-corrected chi connectivity index (χ2v) is 9.36. The van der Waals surface area contributed by atoms with Gasteiger partial charge in [-0.2, -0.15) is 0 Å². The lowest BCUT2D eigenvalue weighted by Crippen LogP contribution is -2.39. The van der Waals surface area contributed by atoms with Crippen molar-refractivity contribution >= 4 is 40.4 Å². The van der Waals surface area contributed by atoms with Gasteiger partial charge in [0.1, 0.15) is 6.04 Å². The maximum atomic E-state index is 13.4. The van der Waals surface area contributed by atoms with Gasteiger partial charge in [0.25, 0.3) is 11.2 Å². The molecule has 0 unspecified atom stereocenters. The van der Waals surface area contributed by atoms with Crippen molar-refractivity contribution in [2.45, 2.75) is 32.9 Å². The third-order valence-electron chi connectivity index (χ3n) is 4.82. The molecule has 2 aromatic heterocycles. The zero-order valence-corrected chi connectivity index (χ0v) is 19.1. The highest BCUT2D eigenvalue weighted by Crippen LogP contribution is 2.33. The first-order valence-electron chi connectivity index (χ1n) is 9.78. The van der Waals surface area contributed by atoms with Gasteiger partial charge in [-0.3, -0.25) is 19.5 Å². The number of hydrogen-bond donors (Lipinski definition) is 0. The summed E-state index contributed by atoms with van der Waals surface area (Å²) in [5.41, 5.74) is 0.655. The van der Waals surface area contributed by atoms with E-state index in [2.05, 4.69) is 4.99 Å². The number of nitrogens with zero attached hydrogens (tertiary/aromatic N) is 3. The van der Waals surface area contributed by atoms with Crippen LogP contribution in [-0.4, -0.2) is 21.6 Å². The van der Waals surface area contributed by atoms with Crippen molar-refractivity contribution in [1.29, 1.82) is 0 Å². The van der Waals surface area contributed by atoms with Crippen molar-refractivity contribution in [1.82, 2.24) is 4.57 Å². The van der Waals surface area contributed by atoms with Gasteiger partial charge in [-0.1, -0.05) is 29.5 Å². The van der Waals surface area contributed by atoms with E-state index < -0.39 is 16.9 Å². The van der Waals surface area contributed by atoms with Crippen LogP contribution in [0.5, 0.6) is 0 Å². The molecule has 3 heterocycles. The van der Waals surface area contributed by atoms with Crippen LogP contribution in [0.1, 0.15) is 37.3 Å². The quantitative estimate of drug-likeness (QED) is 0.324. The Morgan fingerprint density at radius 2 is 2.03 bits per heavy atom. The van der Waals surface area contributed by atoms with Gasteiger partial charge in [0, 0.05) is 10.9 Å². The summed E-state index contributed by atoms with van der Waals surface area (Å²) in [4.78, 5) is 43.0. The van der Waals surface area contributed by atoms with Gasteiger partial charge in [0.05, 0.1) is 32.4 Å². The molecular weight excluding hydrogens is 450 g/mol. The Morgan fingerprint density at radius 1 is 1.28 bits per heavy atom. The summed E-state index contributed by atoms with van der Waals surface area (Å²) in [5, 5.41) is 13.3. The van der Waals surface area contributed by atoms with Crippen LogP contribution in [0.4, 0.5) is 5.69 Å². The molecule has 1 aromatic carbocycles. The number of thiazole rings is 1. The smallest absolute Gasteiger partial charge is 0.338 e. The lowest BCUT2D eigenvalue weighted by Gasteiger charge is -2.24. The van der Waals surface area contributed by atoms with Gasteiger partial charge in [-0.15, -0.1) is 11.3 Å². The summed E-state index contributed by atoms with van der Waals surface area (Å²) in [7, 11) is 0. The van der Waals surface area contributed by atoms with E-state index in [1.807, 2.05) is 17.5 Å². The van der Waals surface area contributed by atoms with Crippen molar-refractivity contribution < 1.29 is 14.5 Å². The van der Waals surface area contributed by atoms with E-state index in [1.165, 1.54) is 28.0 Å². The highest BCUT2D eigenvalue weighted by Gasteiger charge is 2.34. The highest BCUT2D eigenvalue weighted by molar-refractivity contribution is 7.10. The average Bonchev–Trinajstić information content (AvgIpc) is 3.35. The van der Waals surface area contributed by atoms with Crippen LogP contribution in [0.2, 0.25) is 0 Å². The number of ether oxygens (including phenoxy) is 1. The fourth-order valence-electron chi connectivity index (χ4n) is 3.49. The lowest BCUT2D eigenvalue weighted by molar-refractivity contribution is -0.385. The van der Waals surface area contributed by atoms with Gasteiger partial charge >= 0.3 is 5.97 Å². The number of benzene rings is 1. The van der Waals surface area contributed by atoms with E-state index in [-0.39, 0.29) is 17.4 Å². The summed E-state index contributed by atoms with van der Waals surface area (Å²) >= 11 is 2.56. The Balaban J connectivity index is 1.94. The number of nitro groups is 1. The molecule has 0 N–H and O–H groups in total. The van der Waals surface area contributed by atoms with E-state index in [0.717, 1.165) is 16.2 Å². The Kier molecular flexibility index (Phi) is 5.90. The van der Waals surface area contributed by atoms with E-state index in [9.17, 15) is 19.7 Å². The first kappa shape index (κ1) is 21.8. The number of fused-ring (bicyclic) bond motifs is 1. The van der Waals surface area contributed by atoms with Gasteiger partial charge in [-0.05, 0) is 44.4 Å². The number of esters is 1. The van der Waals surface area contributed by atoms with Crippen LogP contribution in [0.3, 0.4) is 0 Å². The van der Waals surface area contributed by atoms with E-state index >= 15 is 0 Å². The SMILES string of the molecule is CC1=C(C(=O)OC(C)C)[C@H](c2cccs2)n2c(s/c(=C/c3ccccc3[N+](=O)[O-])c2=O)=N1. The summed E-state index contributed by atoms with van der Waals surface area (Å²) in [5.74, 6) is -0.521. The lowest BCUT2D eigenvalue weighted by atomic mass is 10.0. The summed E-state index contributed by atoms with van der Waals surface area (Å²) in [6.07, 6.45) is 1.17. The molecular formula is C22H19N3O5S2. The molecule has 4 rings (SSSR count). The molecule has 0 fully saturated rings. The number of aromatic nitrogens is 1. The van der Waals surface area contributed by atoms with Gasteiger partial charge in [-0.25, -0.2) is 9.79 Å². The van der Waals surface area contributed by atoms with Crippen molar-refractivity contribution in [3.05, 3.63) is 93.3 Å². The van der Waals surface area contributed by atoms with Crippen LogP contribution in [0.15, 0.2) is 62.8 Å². The highest BCUT2D eigenvalue weighted by atomic mass is 32.1. The normalized spacial score (nSPS) is 16.1. The third kappa shape index (κ3) is 3.94. The van der Waals surface area contributed by atoms with E-state index in [4.69, 9.17) is 4.74 Å². The average molecular weight is 470 g/mol. The molecule has 0 radical (unpaired) electrons. The van der Waals surface area contributed by atoms with Crippen LogP contribution in [-0.2, 0) is 9.53 Å². The Labute approximate surface area is 190 Å². The summed E-state index contributed by atoms with van der Waals surface area (Å²) in [6, 6.07) is 9.26. The molecule has 0 spiro atoms. The van der Waals surface area contributed by atoms with Gasteiger partial charge in [0.15, 0.2) is 4.80 Å². The number of thiophene rings is 1. The number of allylic oxidation sites excluding steroid dienone is 1. The Bertz CT molecular complexity index is 1410. The molecule has 164 valence electrons. The molecule has 10 heteroatoms. The Morgan fingerprint density at radius 3 is 2.69 bits per heavy atom. The standard InChI is InChI=1S/C22H19N3O5S2/c1-12(2)30-21(27)18-13(3)23-22-24(19(18)16-9-6-10-31-16)20(26)17(32-22)11-14-7-4-5-8-15(14)25(28)29/h4-12,19H,1-3H3/b17-11+/t19-/m0/s1. The molecule has 0 saturated carbocycles. The number of carbonyl (C=O) groups is 1. The fraction of sp³-hybridized carbons (Fsp3) is 0.227. The van der Waals surface area contributed by atoms with Gasteiger partial charge in [0.2, 0.25) is 0 Å². The molecule has 3 aromatic rings. The number of nitro benzene ring substituents is 1. The first-order chi connectivity index (χ1) is 15.3. The predicted molar refractivity (Wildman–Crippen MR) is 122 cm³/mol. The molecule has 1 aliphatic heterocycles.